The fraction of sp³-hybridized carbons (Fsp3) is 0.345. The van der Waals surface area contributed by atoms with E-state index in [9.17, 15) is 13.2 Å². The Hall–Kier alpha value is -3.56. The van der Waals surface area contributed by atoms with Crippen LogP contribution in [0.25, 0.3) is 0 Å². The fourth-order valence-corrected chi connectivity index (χ4v) is 6.57. The predicted octanol–water partition coefficient (Wildman–Crippen LogP) is 3.82. The molecule has 3 aromatic carbocycles. The minimum Gasteiger partial charge on any atom is -0.497 e. The lowest BCUT2D eigenvalue weighted by Crippen LogP contribution is -2.53. The Bertz CT molecular complexity index is 1390. The minimum absolute atomic E-state index is 0.108. The molecule has 1 atom stereocenters. The van der Waals surface area contributed by atoms with Gasteiger partial charge < -0.3 is 19.5 Å². The molecule has 1 amide bonds. The van der Waals surface area contributed by atoms with Gasteiger partial charge in [-0.15, -0.1) is 0 Å². The molecule has 0 saturated carbocycles. The molecule has 8 nitrogen and oxygen atoms in total. The van der Waals surface area contributed by atoms with Crippen LogP contribution < -0.4 is 19.1 Å². The Morgan fingerprint density at radius 2 is 1.76 bits per heavy atom. The van der Waals surface area contributed by atoms with Gasteiger partial charge in [0, 0.05) is 25.2 Å². The number of hydrogen-bond acceptors (Lipinski definition) is 6. The third-order valence-corrected chi connectivity index (χ3v) is 9.16. The molecular weight excluding hydrogens is 504 g/mol. The molecule has 0 aliphatic carbocycles. The van der Waals surface area contributed by atoms with Gasteiger partial charge >= 0.3 is 0 Å². The second-order valence-electron chi connectivity index (χ2n) is 9.77. The Labute approximate surface area is 223 Å². The number of nitrogens with zero attached hydrogens (tertiary/aromatic N) is 1. The first-order valence-electron chi connectivity index (χ1n) is 12.7. The number of sulfonamides is 1. The monoisotopic (exact) mass is 536 g/mol. The first kappa shape index (κ1) is 26.1. The van der Waals surface area contributed by atoms with E-state index in [1.807, 2.05) is 31.2 Å². The van der Waals surface area contributed by atoms with Crippen LogP contribution >= 0.6 is 0 Å². The Kier molecular flexibility index (Phi) is 7.32. The molecule has 1 saturated heterocycles. The SMILES string of the molecule is COc1ccc(S(=O)(=O)N2C[C@H](C(=O)NCC3(c4ccccc4)CCOCC3)Oc3cc(C)ccc32)cc1. The number of rotatable bonds is 7. The Morgan fingerprint density at radius 3 is 2.45 bits per heavy atom. The topological polar surface area (TPSA) is 94.2 Å². The van der Waals surface area contributed by atoms with Crippen LogP contribution in [0.3, 0.4) is 0 Å². The van der Waals surface area contributed by atoms with Crippen molar-refractivity contribution in [1.82, 2.24) is 5.32 Å². The summed E-state index contributed by atoms with van der Waals surface area (Å²) in [7, 11) is -2.45. The molecule has 1 fully saturated rings. The summed E-state index contributed by atoms with van der Waals surface area (Å²) in [5.74, 6) is 0.561. The van der Waals surface area contributed by atoms with Gasteiger partial charge in [-0.3, -0.25) is 9.10 Å². The van der Waals surface area contributed by atoms with Crippen molar-refractivity contribution in [2.45, 2.75) is 36.2 Å². The first-order valence-corrected chi connectivity index (χ1v) is 14.1. The lowest BCUT2D eigenvalue weighted by Gasteiger charge is -2.39. The fourth-order valence-electron chi connectivity index (χ4n) is 5.09. The normalized spacial score (nSPS) is 18.7. The average molecular weight is 537 g/mol. The molecule has 1 N–H and O–H groups in total. The maximum atomic E-state index is 13.7. The molecule has 2 aliphatic rings. The van der Waals surface area contributed by atoms with Crippen molar-refractivity contribution in [3.8, 4) is 11.5 Å². The van der Waals surface area contributed by atoms with Crippen molar-refractivity contribution in [2.24, 2.45) is 0 Å². The molecule has 0 radical (unpaired) electrons. The van der Waals surface area contributed by atoms with Gasteiger partial charge in [-0.1, -0.05) is 36.4 Å². The van der Waals surface area contributed by atoms with E-state index in [0.717, 1.165) is 24.0 Å². The number of nitrogens with one attached hydrogen (secondary N) is 1. The molecule has 0 bridgehead atoms. The minimum atomic E-state index is -3.97. The molecule has 2 heterocycles. The number of ether oxygens (including phenoxy) is 3. The number of carbonyl (C=O) groups is 1. The molecule has 38 heavy (non-hydrogen) atoms. The maximum Gasteiger partial charge on any atom is 0.264 e. The molecule has 5 rings (SSSR count). The highest BCUT2D eigenvalue weighted by molar-refractivity contribution is 7.92. The second kappa shape index (κ2) is 10.7. The lowest BCUT2D eigenvalue weighted by molar-refractivity contribution is -0.128. The number of amides is 1. The zero-order valence-corrected chi connectivity index (χ0v) is 22.4. The van der Waals surface area contributed by atoms with Crippen LogP contribution in [0, 0.1) is 6.92 Å². The van der Waals surface area contributed by atoms with E-state index in [4.69, 9.17) is 14.2 Å². The van der Waals surface area contributed by atoms with Gasteiger partial charge in [0.2, 0.25) is 0 Å². The van der Waals surface area contributed by atoms with Gasteiger partial charge in [-0.25, -0.2) is 8.42 Å². The number of hydrogen-bond donors (Lipinski definition) is 1. The number of anilines is 1. The van der Waals surface area contributed by atoms with Gasteiger partial charge in [-0.05, 0) is 67.3 Å². The van der Waals surface area contributed by atoms with Gasteiger partial charge in [-0.2, -0.15) is 0 Å². The summed E-state index contributed by atoms with van der Waals surface area (Å²) >= 11 is 0. The third kappa shape index (κ3) is 5.08. The van der Waals surface area contributed by atoms with E-state index in [1.54, 1.807) is 24.3 Å². The van der Waals surface area contributed by atoms with E-state index in [-0.39, 0.29) is 22.8 Å². The van der Waals surface area contributed by atoms with Crippen molar-refractivity contribution in [3.05, 3.63) is 83.9 Å². The largest absolute Gasteiger partial charge is 0.497 e. The van der Waals surface area contributed by atoms with Crippen LogP contribution in [-0.2, 0) is 25.0 Å². The Balaban J connectivity index is 1.41. The van der Waals surface area contributed by atoms with Crippen LogP contribution in [0.2, 0.25) is 0 Å². The summed E-state index contributed by atoms with van der Waals surface area (Å²) in [6.07, 6.45) is 0.552. The standard InChI is InChI=1S/C29H32N2O6S/c1-21-8-13-25-26(18-21)37-27(19-31(25)38(33,34)24-11-9-23(35-2)10-12-24)28(32)30-20-29(14-16-36-17-15-29)22-6-4-3-5-7-22/h3-13,18,27H,14-17,19-20H2,1-2H3,(H,30,32)/t27-/m1/s1. The molecule has 0 aromatic heterocycles. The molecule has 2 aliphatic heterocycles. The van der Waals surface area contributed by atoms with E-state index in [1.165, 1.54) is 23.5 Å². The van der Waals surface area contributed by atoms with Crippen LogP contribution in [0.5, 0.6) is 11.5 Å². The van der Waals surface area contributed by atoms with Gasteiger partial charge in [0.15, 0.2) is 6.10 Å². The van der Waals surface area contributed by atoms with E-state index >= 15 is 0 Å². The number of benzene rings is 3. The summed E-state index contributed by atoms with van der Waals surface area (Å²) in [6, 6.07) is 21.6. The highest BCUT2D eigenvalue weighted by Gasteiger charge is 2.40. The predicted molar refractivity (Wildman–Crippen MR) is 144 cm³/mol. The summed E-state index contributed by atoms with van der Waals surface area (Å²) in [5, 5.41) is 3.08. The van der Waals surface area contributed by atoms with Crippen LogP contribution in [-0.4, -0.2) is 53.8 Å². The summed E-state index contributed by atoms with van der Waals surface area (Å²) in [6.45, 7) is 3.39. The lowest BCUT2D eigenvalue weighted by atomic mass is 9.74. The van der Waals surface area contributed by atoms with Crippen LogP contribution in [0.15, 0.2) is 77.7 Å². The molecule has 9 heteroatoms. The van der Waals surface area contributed by atoms with Crippen LogP contribution in [0.4, 0.5) is 5.69 Å². The maximum absolute atomic E-state index is 13.7. The van der Waals surface area contributed by atoms with Crippen LogP contribution in [0.1, 0.15) is 24.0 Å². The number of carbonyl (C=O) groups excluding carboxylic acids is 1. The summed E-state index contributed by atoms with van der Waals surface area (Å²) < 4.78 is 45.6. The highest BCUT2D eigenvalue weighted by atomic mass is 32.2. The molecule has 3 aromatic rings. The summed E-state index contributed by atoms with van der Waals surface area (Å²) in [4.78, 5) is 13.6. The van der Waals surface area contributed by atoms with Gasteiger partial charge in [0.25, 0.3) is 15.9 Å². The van der Waals surface area contributed by atoms with Crippen molar-refractivity contribution < 1.29 is 27.4 Å². The number of aryl methyl sites for hydroxylation is 1. The van der Waals surface area contributed by atoms with Gasteiger partial charge in [0.05, 0.1) is 24.2 Å². The molecule has 200 valence electrons. The highest BCUT2D eigenvalue weighted by Crippen LogP contribution is 2.38. The van der Waals surface area contributed by atoms with Crippen molar-refractivity contribution in [3.63, 3.8) is 0 Å². The van der Waals surface area contributed by atoms with E-state index in [0.29, 0.717) is 36.9 Å². The molecule has 0 spiro atoms. The van der Waals surface area contributed by atoms with Gasteiger partial charge in [0.1, 0.15) is 11.5 Å². The average Bonchev–Trinajstić information content (AvgIpc) is 2.96. The zero-order valence-electron chi connectivity index (χ0n) is 21.6. The van der Waals surface area contributed by atoms with Crippen molar-refractivity contribution in [2.75, 3.05) is 37.7 Å². The Morgan fingerprint density at radius 1 is 1.05 bits per heavy atom. The molecule has 0 unspecified atom stereocenters. The quantitative estimate of drug-likeness (QED) is 0.493. The van der Waals surface area contributed by atoms with E-state index < -0.39 is 16.1 Å². The first-order chi connectivity index (χ1) is 18.3. The molecular formula is C29H32N2O6S. The number of fused-ring (bicyclic) bond motifs is 1. The van der Waals surface area contributed by atoms with E-state index in [2.05, 4.69) is 17.4 Å². The second-order valence-corrected chi connectivity index (χ2v) is 11.6. The zero-order chi connectivity index (χ0) is 26.8. The summed E-state index contributed by atoms with van der Waals surface area (Å²) in [5.41, 5.74) is 2.20. The third-order valence-electron chi connectivity index (χ3n) is 7.36. The van der Waals surface area contributed by atoms with Crippen molar-refractivity contribution >= 4 is 21.6 Å². The number of methoxy groups -OCH3 is 1. The smallest absolute Gasteiger partial charge is 0.264 e. The van der Waals surface area contributed by atoms with Crippen molar-refractivity contribution in [1.29, 1.82) is 0 Å².